The van der Waals surface area contributed by atoms with Crippen molar-refractivity contribution in [3.8, 4) is 0 Å². The largest absolute Gasteiger partial charge is 0.244 e. The van der Waals surface area contributed by atoms with Crippen molar-refractivity contribution in [1.82, 2.24) is 4.31 Å². The fraction of sp³-hybridized carbons (Fsp3) is 0.455. The lowest BCUT2D eigenvalue weighted by Gasteiger charge is -2.26. The number of thioether (sulfide) groups is 1. The van der Waals surface area contributed by atoms with Crippen molar-refractivity contribution in [3.05, 3.63) is 28.7 Å². The van der Waals surface area contributed by atoms with E-state index in [0.717, 1.165) is 12.2 Å². The summed E-state index contributed by atoms with van der Waals surface area (Å²) in [4.78, 5) is 0.387. The number of sulfonamides is 1. The Bertz CT molecular complexity index is 546. The van der Waals surface area contributed by atoms with Crippen molar-refractivity contribution in [1.29, 1.82) is 0 Å². The molecule has 0 amide bonds. The van der Waals surface area contributed by atoms with Crippen LogP contribution in [0.1, 0.15) is 6.42 Å². The molecule has 0 radical (unpaired) electrons. The second-order valence-electron chi connectivity index (χ2n) is 4.35. The highest BCUT2D eigenvalue weighted by molar-refractivity contribution is 9.10. The molecule has 0 spiro atoms. The molecule has 2 heterocycles. The third kappa shape index (κ3) is 1.95. The van der Waals surface area contributed by atoms with Gasteiger partial charge in [0.15, 0.2) is 0 Å². The van der Waals surface area contributed by atoms with Gasteiger partial charge in [0.1, 0.15) is 0 Å². The predicted octanol–water partition coefficient (Wildman–Crippen LogP) is 2.33. The first kappa shape index (κ1) is 12.0. The maximum atomic E-state index is 12.5. The van der Waals surface area contributed by atoms with Gasteiger partial charge in [0.25, 0.3) is 0 Å². The van der Waals surface area contributed by atoms with Gasteiger partial charge in [-0.2, -0.15) is 16.1 Å². The molecule has 92 valence electrons. The molecule has 0 N–H and O–H groups in total. The number of hydrogen-bond donors (Lipinski definition) is 0. The van der Waals surface area contributed by atoms with Crippen LogP contribution in [0.15, 0.2) is 33.6 Å². The van der Waals surface area contributed by atoms with Crippen molar-refractivity contribution in [2.24, 2.45) is 0 Å². The minimum Gasteiger partial charge on any atom is -0.207 e. The van der Waals surface area contributed by atoms with E-state index < -0.39 is 10.0 Å². The maximum Gasteiger partial charge on any atom is 0.244 e. The van der Waals surface area contributed by atoms with Gasteiger partial charge < -0.3 is 0 Å². The van der Waals surface area contributed by atoms with Gasteiger partial charge in [-0.1, -0.05) is 12.1 Å². The van der Waals surface area contributed by atoms with Crippen molar-refractivity contribution in [2.75, 3.05) is 12.3 Å². The highest BCUT2D eigenvalue weighted by atomic mass is 79.9. The maximum absolute atomic E-state index is 12.5. The van der Waals surface area contributed by atoms with Gasteiger partial charge in [-0.3, -0.25) is 0 Å². The van der Waals surface area contributed by atoms with Crippen LogP contribution in [0.4, 0.5) is 0 Å². The minimum atomic E-state index is -3.33. The predicted molar refractivity (Wildman–Crippen MR) is 72.7 cm³/mol. The molecule has 6 heteroatoms. The molecule has 2 atom stereocenters. The molecular formula is C11H12BrNO2S2. The first-order chi connectivity index (χ1) is 8.09. The molecule has 2 aliphatic heterocycles. The van der Waals surface area contributed by atoms with E-state index in [0.29, 0.717) is 21.2 Å². The van der Waals surface area contributed by atoms with E-state index in [1.54, 1.807) is 22.5 Å². The van der Waals surface area contributed by atoms with E-state index >= 15 is 0 Å². The number of nitrogens with zero attached hydrogens (tertiary/aromatic N) is 1. The lowest BCUT2D eigenvalue weighted by atomic mass is 10.3. The number of hydrogen-bond acceptors (Lipinski definition) is 3. The summed E-state index contributed by atoms with van der Waals surface area (Å²) in [6, 6.07) is 7.23. The molecule has 1 aromatic rings. The fourth-order valence-corrected chi connectivity index (χ4v) is 6.71. The normalized spacial score (nSPS) is 28.8. The average molecular weight is 334 g/mol. The third-order valence-corrected chi connectivity index (χ3v) is 7.59. The highest BCUT2D eigenvalue weighted by Crippen LogP contribution is 2.41. The summed E-state index contributed by atoms with van der Waals surface area (Å²) in [6.07, 6.45) is 1.01. The summed E-state index contributed by atoms with van der Waals surface area (Å²) in [5.74, 6) is 0.939. The molecule has 17 heavy (non-hydrogen) atoms. The van der Waals surface area contributed by atoms with Crippen molar-refractivity contribution < 1.29 is 8.42 Å². The Morgan fingerprint density at radius 1 is 1.35 bits per heavy atom. The molecule has 2 bridgehead atoms. The number of halogens is 1. The molecule has 0 saturated carbocycles. The SMILES string of the molecule is O=S(=O)(c1ccccc1Br)N1CC2CC1CS2. The van der Waals surface area contributed by atoms with Gasteiger partial charge in [-0.15, -0.1) is 0 Å². The van der Waals surface area contributed by atoms with Crippen LogP contribution in [-0.2, 0) is 10.0 Å². The van der Waals surface area contributed by atoms with Crippen LogP contribution >= 0.6 is 27.7 Å². The third-order valence-electron chi connectivity index (χ3n) is 3.27. The molecule has 2 aliphatic rings. The molecule has 0 aromatic heterocycles. The Balaban J connectivity index is 2.00. The van der Waals surface area contributed by atoms with Crippen LogP contribution in [0.3, 0.4) is 0 Å². The summed E-state index contributed by atoms with van der Waals surface area (Å²) in [5, 5.41) is 0.497. The van der Waals surface area contributed by atoms with Crippen molar-refractivity contribution in [3.63, 3.8) is 0 Å². The van der Waals surface area contributed by atoms with Gasteiger partial charge in [0, 0.05) is 28.1 Å². The van der Waals surface area contributed by atoms with Gasteiger partial charge in [-0.05, 0) is 34.5 Å². The molecule has 2 unspecified atom stereocenters. The monoisotopic (exact) mass is 333 g/mol. The summed E-state index contributed by atoms with van der Waals surface area (Å²) in [5.41, 5.74) is 0. The van der Waals surface area contributed by atoms with Crippen LogP contribution in [0.5, 0.6) is 0 Å². The van der Waals surface area contributed by atoms with E-state index in [9.17, 15) is 8.42 Å². The Hall–Kier alpha value is -0.0400. The minimum absolute atomic E-state index is 0.196. The zero-order chi connectivity index (χ0) is 12.0. The van der Waals surface area contributed by atoms with E-state index in [-0.39, 0.29) is 6.04 Å². The van der Waals surface area contributed by atoms with Crippen LogP contribution < -0.4 is 0 Å². The molecule has 3 rings (SSSR count). The van der Waals surface area contributed by atoms with E-state index in [4.69, 9.17) is 0 Å². The Kier molecular flexibility index (Phi) is 3.01. The molecular weight excluding hydrogens is 322 g/mol. The zero-order valence-corrected chi connectivity index (χ0v) is 12.3. The van der Waals surface area contributed by atoms with Gasteiger partial charge >= 0.3 is 0 Å². The lowest BCUT2D eigenvalue weighted by molar-refractivity contribution is 0.409. The first-order valence-corrected chi connectivity index (χ1v) is 8.75. The van der Waals surface area contributed by atoms with Crippen molar-refractivity contribution in [2.45, 2.75) is 22.6 Å². The van der Waals surface area contributed by atoms with Crippen molar-refractivity contribution >= 4 is 37.7 Å². The number of rotatable bonds is 2. The summed E-state index contributed by atoms with van der Waals surface area (Å²) < 4.78 is 27.4. The molecule has 3 nitrogen and oxygen atoms in total. The topological polar surface area (TPSA) is 37.4 Å². The van der Waals surface area contributed by atoms with Crippen LogP contribution in [0.25, 0.3) is 0 Å². The van der Waals surface area contributed by atoms with E-state index in [1.807, 2.05) is 17.8 Å². The fourth-order valence-electron chi connectivity index (χ4n) is 2.44. The quantitative estimate of drug-likeness (QED) is 0.833. The summed E-state index contributed by atoms with van der Waals surface area (Å²) in [6.45, 7) is 0.666. The zero-order valence-electron chi connectivity index (χ0n) is 9.04. The number of benzene rings is 1. The standard InChI is InChI=1S/C11H12BrNO2S2/c12-10-3-1-2-4-11(10)17(14,15)13-6-9-5-8(13)7-16-9/h1-4,8-9H,5-7H2. The Morgan fingerprint density at radius 2 is 2.12 bits per heavy atom. The Labute approximate surface area is 114 Å². The second-order valence-corrected chi connectivity index (χ2v) is 8.40. The lowest BCUT2D eigenvalue weighted by Crippen LogP contribution is -2.39. The Morgan fingerprint density at radius 3 is 2.71 bits per heavy atom. The molecule has 2 fully saturated rings. The molecule has 1 aromatic carbocycles. The van der Waals surface area contributed by atoms with Gasteiger partial charge in [0.05, 0.1) is 4.90 Å². The summed E-state index contributed by atoms with van der Waals surface area (Å²) in [7, 11) is -3.33. The number of fused-ring (bicyclic) bond motifs is 2. The second kappa shape index (κ2) is 4.26. The van der Waals surface area contributed by atoms with Crippen LogP contribution in [0, 0.1) is 0 Å². The first-order valence-electron chi connectivity index (χ1n) is 5.47. The smallest absolute Gasteiger partial charge is 0.207 e. The van der Waals surface area contributed by atoms with Gasteiger partial charge in [0.2, 0.25) is 10.0 Å². The van der Waals surface area contributed by atoms with Crippen LogP contribution in [-0.4, -0.2) is 36.3 Å². The van der Waals surface area contributed by atoms with Gasteiger partial charge in [-0.25, -0.2) is 8.42 Å². The highest BCUT2D eigenvalue weighted by Gasteiger charge is 2.45. The van der Waals surface area contributed by atoms with E-state index in [1.165, 1.54) is 0 Å². The average Bonchev–Trinajstić information content (AvgIpc) is 2.91. The summed E-state index contributed by atoms with van der Waals surface area (Å²) >= 11 is 5.21. The van der Waals surface area contributed by atoms with Crippen LogP contribution in [0.2, 0.25) is 0 Å². The molecule has 0 aliphatic carbocycles. The van der Waals surface area contributed by atoms with E-state index in [2.05, 4.69) is 15.9 Å². The molecule has 2 saturated heterocycles.